The van der Waals surface area contributed by atoms with Crippen molar-refractivity contribution in [2.75, 3.05) is 6.61 Å². The van der Waals surface area contributed by atoms with E-state index in [0.717, 1.165) is 5.56 Å². The second kappa shape index (κ2) is 7.74. The van der Waals surface area contributed by atoms with Crippen LogP contribution in [0.15, 0.2) is 59.5 Å². The monoisotopic (exact) mass is 381 g/mol. The fraction of sp³-hybridized carbons (Fsp3) is 0.200. The first-order valence-corrected chi connectivity index (χ1v) is 10.1. The quantitative estimate of drug-likeness (QED) is 0.708. The lowest BCUT2D eigenvalue weighted by Crippen LogP contribution is -2.11. The molecule has 0 aliphatic heterocycles. The molecule has 27 heavy (non-hydrogen) atoms. The van der Waals surface area contributed by atoms with E-state index >= 15 is 0 Å². The van der Waals surface area contributed by atoms with Crippen molar-refractivity contribution in [1.29, 1.82) is 5.26 Å². The standard InChI is InChI=1S/C20H19N3O3S/c1-15-19(13-21)20(23(22-15)17-5-3-2-4-6-17)14-27(25,26)18-9-7-16(8-10-18)11-12-24/h2-10,24H,11-12,14H2,1H3. The maximum Gasteiger partial charge on any atom is 0.184 e. The number of aromatic nitrogens is 2. The van der Waals surface area contributed by atoms with Gasteiger partial charge in [-0.2, -0.15) is 10.4 Å². The Bertz CT molecular complexity index is 1080. The van der Waals surface area contributed by atoms with Crippen LogP contribution >= 0.6 is 0 Å². The normalized spacial score (nSPS) is 11.3. The zero-order chi connectivity index (χ0) is 19.4. The molecule has 0 saturated carbocycles. The number of aliphatic hydroxyl groups is 1. The van der Waals surface area contributed by atoms with Crippen LogP contribution in [0.5, 0.6) is 0 Å². The number of hydrogen-bond donors (Lipinski definition) is 1. The predicted octanol–water partition coefficient (Wildman–Crippen LogP) is 2.56. The van der Waals surface area contributed by atoms with Gasteiger partial charge in [0.15, 0.2) is 9.84 Å². The highest BCUT2D eigenvalue weighted by Crippen LogP contribution is 2.24. The van der Waals surface area contributed by atoms with E-state index in [9.17, 15) is 13.7 Å². The molecular formula is C20H19N3O3S. The number of sulfone groups is 1. The molecule has 0 aliphatic carbocycles. The molecule has 0 unspecified atom stereocenters. The summed E-state index contributed by atoms with van der Waals surface area (Å²) in [7, 11) is -3.67. The van der Waals surface area contributed by atoms with Gasteiger partial charge in [-0.25, -0.2) is 13.1 Å². The Morgan fingerprint density at radius 3 is 2.37 bits per heavy atom. The molecule has 2 aromatic carbocycles. The minimum absolute atomic E-state index is 0.00711. The molecule has 0 bridgehead atoms. The fourth-order valence-corrected chi connectivity index (χ4v) is 4.24. The van der Waals surface area contributed by atoms with Gasteiger partial charge in [-0.15, -0.1) is 0 Å². The maximum atomic E-state index is 12.9. The third-order valence-corrected chi connectivity index (χ3v) is 5.92. The largest absolute Gasteiger partial charge is 0.396 e. The molecule has 0 spiro atoms. The third kappa shape index (κ3) is 3.92. The molecule has 1 N–H and O–H groups in total. The smallest absolute Gasteiger partial charge is 0.184 e. The molecule has 0 aliphatic rings. The number of nitriles is 1. The minimum Gasteiger partial charge on any atom is -0.396 e. The second-order valence-electron chi connectivity index (χ2n) is 6.14. The van der Waals surface area contributed by atoms with Crippen LogP contribution in [0.4, 0.5) is 0 Å². The summed E-state index contributed by atoms with van der Waals surface area (Å²) in [5.74, 6) is -0.328. The number of para-hydroxylation sites is 1. The molecule has 0 amide bonds. The topological polar surface area (TPSA) is 96.0 Å². The van der Waals surface area contributed by atoms with Gasteiger partial charge in [-0.3, -0.25) is 0 Å². The van der Waals surface area contributed by atoms with Crippen molar-refractivity contribution in [2.24, 2.45) is 0 Å². The molecule has 3 aromatic rings. The molecule has 6 nitrogen and oxygen atoms in total. The summed E-state index contributed by atoms with van der Waals surface area (Å²) in [4.78, 5) is 0.173. The Morgan fingerprint density at radius 1 is 1.11 bits per heavy atom. The van der Waals surface area contributed by atoms with Gasteiger partial charge in [0.1, 0.15) is 6.07 Å². The Kier molecular flexibility index (Phi) is 5.40. The van der Waals surface area contributed by atoms with Crippen LogP contribution < -0.4 is 0 Å². The van der Waals surface area contributed by atoms with E-state index in [1.807, 2.05) is 30.3 Å². The molecule has 1 heterocycles. The zero-order valence-corrected chi connectivity index (χ0v) is 15.6. The molecule has 3 rings (SSSR count). The van der Waals surface area contributed by atoms with E-state index in [1.165, 1.54) is 16.8 Å². The van der Waals surface area contributed by atoms with Crippen LogP contribution in [0.25, 0.3) is 5.69 Å². The lowest BCUT2D eigenvalue weighted by molar-refractivity contribution is 0.299. The van der Waals surface area contributed by atoms with Crippen LogP contribution in [0.2, 0.25) is 0 Å². The summed E-state index contributed by atoms with van der Waals surface area (Å²) in [5.41, 5.74) is 2.68. The summed E-state index contributed by atoms with van der Waals surface area (Å²) in [5, 5.41) is 22.9. The summed E-state index contributed by atoms with van der Waals surface area (Å²) in [6, 6.07) is 17.7. The summed E-state index contributed by atoms with van der Waals surface area (Å²) < 4.78 is 27.4. The molecule has 0 radical (unpaired) electrons. The Labute approximate surface area is 158 Å². The summed E-state index contributed by atoms with van der Waals surface area (Å²) in [6.45, 7) is 1.70. The predicted molar refractivity (Wildman–Crippen MR) is 101 cm³/mol. The summed E-state index contributed by atoms with van der Waals surface area (Å²) in [6.07, 6.45) is 0.471. The average Bonchev–Trinajstić information content (AvgIpc) is 2.98. The molecule has 0 saturated heterocycles. The Balaban J connectivity index is 2.03. The molecule has 138 valence electrons. The Hall–Kier alpha value is -2.95. The highest BCUT2D eigenvalue weighted by molar-refractivity contribution is 7.90. The third-order valence-electron chi connectivity index (χ3n) is 4.28. The van der Waals surface area contributed by atoms with Crippen molar-refractivity contribution in [2.45, 2.75) is 24.0 Å². The van der Waals surface area contributed by atoms with Crippen molar-refractivity contribution in [1.82, 2.24) is 9.78 Å². The maximum absolute atomic E-state index is 12.9. The molecule has 0 fully saturated rings. The van der Waals surface area contributed by atoms with Gasteiger partial charge in [0.25, 0.3) is 0 Å². The van der Waals surface area contributed by atoms with Gasteiger partial charge < -0.3 is 5.11 Å². The zero-order valence-electron chi connectivity index (χ0n) is 14.8. The number of aryl methyl sites for hydroxylation is 1. The highest BCUT2D eigenvalue weighted by atomic mass is 32.2. The van der Waals surface area contributed by atoms with E-state index < -0.39 is 9.84 Å². The van der Waals surface area contributed by atoms with Crippen LogP contribution in [-0.4, -0.2) is 29.9 Å². The van der Waals surface area contributed by atoms with Gasteiger partial charge in [0.05, 0.1) is 33.3 Å². The van der Waals surface area contributed by atoms with Gasteiger partial charge in [0, 0.05) is 6.61 Å². The van der Waals surface area contributed by atoms with Crippen LogP contribution in [-0.2, 0) is 22.0 Å². The highest BCUT2D eigenvalue weighted by Gasteiger charge is 2.24. The molecule has 1 aromatic heterocycles. The number of hydrogen-bond acceptors (Lipinski definition) is 5. The van der Waals surface area contributed by atoms with Crippen molar-refractivity contribution >= 4 is 9.84 Å². The second-order valence-corrected chi connectivity index (χ2v) is 8.13. The van der Waals surface area contributed by atoms with E-state index in [1.54, 1.807) is 19.1 Å². The van der Waals surface area contributed by atoms with Gasteiger partial charge in [-0.1, -0.05) is 30.3 Å². The van der Waals surface area contributed by atoms with Crippen molar-refractivity contribution in [3.8, 4) is 11.8 Å². The lowest BCUT2D eigenvalue weighted by atomic mass is 10.2. The van der Waals surface area contributed by atoms with Crippen LogP contribution in [0.3, 0.4) is 0 Å². The van der Waals surface area contributed by atoms with Gasteiger partial charge in [0.2, 0.25) is 0 Å². The number of aliphatic hydroxyl groups excluding tert-OH is 1. The van der Waals surface area contributed by atoms with Crippen LogP contribution in [0, 0.1) is 18.3 Å². The van der Waals surface area contributed by atoms with Crippen molar-refractivity contribution in [3.63, 3.8) is 0 Å². The molecular weight excluding hydrogens is 362 g/mol. The first-order valence-electron chi connectivity index (χ1n) is 8.43. The van der Waals surface area contributed by atoms with Gasteiger partial charge in [-0.05, 0) is 43.2 Å². The van der Waals surface area contributed by atoms with Crippen LogP contribution in [0.1, 0.15) is 22.5 Å². The minimum atomic E-state index is -3.67. The average molecular weight is 381 g/mol. The first kappa shape index (κ1) is 18.8. The molecule has 0 atom stereocenters. The van der Waals surface area contributed by atoms with E-state index in [0.29, 0.717) is 23.5 Å². The van der Waals surface area contributed by atoms with Crippen molar-refractivity contribution < 1.29 is 13.5 Å². The number of benzene rings is 2. The first-order chi connectivity index (χ1) is 13.0. The lowest BCUT2D eigenvalue weighted by Gasteiger charge is -2.09. The SMILES string of the molecule is Cc1nn(-c2ccccc2)c(CS(=O)(=O)c2ccc(CCO)cc2)c1C#N. The van der Waals surface area contributed by atoms with E-state index in [2.05, 4.69) is 11.2 Å². The van der Waals surface area contributed by atoms with E-state index in [4.69, 9.17) is 5.11 Å². The van der Waals surface area contributed by atoms with E-state index in [-0.39, 0.29) is 22.8 Å². The fourth-order valence-electron chi connectivity index (χ4n) is 2.89. The molecule has 7 heteroatoms. The Morgan fingerprint density at radius 2 is 1.78 bits per heavy atom. The summed E-state index contributed by atoms with van der Waals surface area (Å²) >= 11 is 0. The number of nitrogens with zero attached hydrogens (tertiary/aromatic N) is 3. The number of rotatable bonds is 6. The van der Waals surface area contributed by atoms with Crippen molar-refractivity contribution in [3.05, 3.63) is 77.1 Å². The van der Waals surface area contributed by atoms with Gasteiger partial charge >= 0.3 is 0 Å².